The SMILES string of the molecule is CCC(CC)CC(=O)[O-].CCC(CC)CC(=O)[O-].CCC(CC)CC(=O)[O-].CCC(CC)CC(=O)[O-].[Ti+4]. The fourth-order valence-electron chi connectivity index (χ4n) is 3.25. The zero-order chi connectivity index (χ0) is 29.1. The molecule has 0 unspecified atom stereocenters. The molecule has 0 aromatic rings. The first-order valence-corrected chi connectivity index (χ1v) is 13.6. The van der Waals surface area contributed by atoms with E-state index in [4.69, 9.17) is 0 Å². The van der Waals surface area contributed by atoms with Crippen molar-refractivity contribution in [2.24, 2.45) is 23.7 Å². The Bertz CT molecular complexity index is 442. The molecule has 0 spiro atoms. The van der Waals surface area contributed by atoms with E-state index in [-0.39, 0.29) is 47.4 Å². The summed E-state index contributed by atoms with van der Waals surface area (Å²) in [4.78, 5) is 40.1. The Labute approximate surface area is 240 Å². The van der Waals surface area contributed by atoms with E-state index in [1.807, 2.05) is 55.4 Å². The van der Waals surface area contributed by atoms with E-state index < -0.39 is 23.9 Å². The molecule has 0 saturated heterocycles. The van der Waals surface area contributed by atoms with Gasteiger partial charge in [0.05, 0.1) is 0 Å². The summed E-state index contributed by atoms with van der Waals surface area (Å²) in [5.41, 5.74) is 0. The number of hydrogen-bond acceptors (Lipinski definition) is 8. The second-order valence-corrected chi connectivity index (χ2v) is 9.03. The zero-order valence-electron chi connectivity index (χ0n) is 24.6. The van der Waals surface area contributed by atoms with Gasteiger partial charge in [-0.25, -0.2) is 0 Å². The molecule has 0 aliphatic carbocycles. The number of hydrogen-bond donors (Lipinski definition) is 0. The van der Waals surface area contributed by atoms with Gasteiger partial charge in [-0.2, -0.15) is 0 Å². The van der Waals surface area contributed by atoms with Gasteiger partial charge in [0.15, 0.2) is 0 Å². The number of aliphatic carboxylic acids is 4. The summed E-state index contributed by atoms with van der Waals surface area (Å²) in [6, 6.07) is 0. The summed E-state index contributed by atoms with van der Waals surface area (Å²) in [5, 5.41) is 40.1. The minimum atomic E-state index is -0.927. The molecule has 0 heterocycles. The average molecular weight is 565 g/mol. The minimum absolute atomic E-state index is 0. The Morgan fingerprint density at radius 3 is 0.514 bits per heavy atom. The van der Waals surface area contributed by atoms with Gasteiger partial charge >= 0.3 is 21.7 Å². The van der Waals surface area contributed by atoms with Gasteiger partial charge in [-0.05, 0) is 49.4 Å². The van der Waals surface area contributed by atoms with Crippen LogP contribution in [0.1, 0.15) is 132 Å². The molecule has 0 radical (unpaired) electrons. The summed E-state index contributed by atoms with van der Waals surface area (Å²) in [6.45, 7) is 16.0. The van der Waals surface area contributed by atoms with Gasteiger partial charge in [0.1, 0.15) is 0 Å². The van der Waals surface area contributed by atoms with E-state index in [2.05, 4.69) is 0 Å². The molecule has 0 saturated carbocycles. The Kier molecular flexibility index (Phi) is 40.1. The van der Waals surface area contributed by atoms with Crippen molar-refractivity contribution in [2.45, 2.75) is 132 Å². The second-order valence-electron chi connectivity index (χ2n) is 9.03. The van der Waals surface area contributed by atoms with Crippen LogP contribution in [-0.4, -0.2) is 23.9 Å². The fourth-order valence-corrected chi connectivity index (χ4v) is 3.25. The van der Waals surface area contributed by atoms with Gasteiger partial charge in [0.25, 0.3) is 0 Å². The molecule has 9 heteroatoms. The summed E-state index contributed by atoms with van der Waals surface area (Å²) in [5.74, 6) is -2.45. The molecule has 0 atom stereocenters. The first kappa shape index (κ1) is 45.5. The summed E-state index contributed by atoms with van der Waals surface area (Å²) >= 11 is 0. The number of carboxylic acid groups (broad SMARTS) is 4. The molecule has 0 N–H and O–H groups in total. The number of rotatable bonds is 16. The fraction of sp³-hybridized carbons (Fsp3) is 0.857. The normalized spacial score (nSPS) is 9.84. The van der Waals surface area contributed by atoms with Crippen molar-refractivity contribution in [3.8, 4) is 0 Å². The maximum absolute atomic E-state index is 10.0. The van der Waals surface area contributed by atoms with Gasteiger partial charge in [-0.3, -0.25) is 0 Å². The van der Waals surface area contributed by atoms with Crippen LogP contribution in [0.2, 0.25) is 0 Å². The summed E-state index contributed by atoms with van der Waals surface area (Å²) in [7, 11) is 0. The molecule has 37 heavy (non-hydrogen) atoms. The smallest absolute Gasteiger partial charge is 0.550 e. The first-order valence-electron chi connectivity index (χ1n) is 13.6. The third-order valence-electron chi connectivity index (χ3n) is 6.44. The zero-order valence-corrected chi connectivity index (χ0v) is 26.1. The summed E-state index contributed by atoms with van der Waals surface area (Å²) < 4.78 is 0. The van der Waals surface area contributed by atoms with Gasteiger partial charge in [-0.15, -0.1) is 0 Å². The van der Waals surface area contributed by atoms with Crippen LogP contribution in [-0.2, 0) is 40.9 Å². The van der Waals surface area contributed by atoms with E-state index in [1.165, 1.54) is 0 Å². The van der Waals surface area contributed by atoms with Crippen LogP contribution < -0.4 is 20.4 Å². The maximum atomic E-state index is 10.0. The van der Waals surface area contributed by atoms with Crippen molar-refractivity contribution in [1.29, 1.82) is 0 Å². The molecule has 0 aliphatic heterocycles. The van der Waals surface area contributed by atoms with Crippen molar-refractivity contribution >= 4 is 23.9 Å². The molecule has 0 fully saturated rings. The third-order valence-corrected chi connectivity index (χ3v) is 6.44. The van der Waals surface area contributed by atoms with Gasteiger partial charge in [0.2, 0.25) is 0 Å². The van der Waals surface area contributed by atoms with Gasteiger partial charge < -0.3 is 39.6 Å². The van der Waals surface area contributed by atoms with E-state index in [1.54, 1.807) is 0 Å². The molecule has 0 rings (SSSR count). The molecule has 0 aromatic heterocycles. The molecule has 0 aromatic carbocycles. The van der Waals surface area contributed by atoms with E-state index in [9.17, 15) is 39.6 Å². The third kappa shape index (κ3) is 39.3. The molecule has 216 valence electrons. The van der Waals surface area contributed by atoms with Crippen LogP contribution in [0.25, 0.3) is 0 Å². The van der Waals surface area contributed by atoms with Crippen molar-refractivity contribution < 1.29 is 61.3 Å². The number of carboxylic acids is 4. The topological polar surface area (TPSA) is 161 Å². The minimum Gasteiger partial charge on any atom is -0.550 e. The molecule has 0 amide bonds. The Morgan fingerprint density at radius 1 is 0.378 bits per heavy atom. The van der Waals surface area contributed by atoms with Crippen LogP contribution in [0.4, 0.5) is 0 Å². The largest absolute Gasteiger partial charge is 4.00 e. The van der Waals surface area contributed by atoms with Crippen molar-refractivity contribution in [3.05, 3.63) is 0 Å². The van der Waals surface area contributed by atoms with E-state index >= 15 is 0 Å². The average Bonchev–Trinajstić information content (AvgIpc) is 2.83. The van der Waals surface area contributed by atoms with E-state index in [0.717, 1.165) is 51.4 Å². The summed E-state index contributed by atoms with van der Waals surface area (Å²) in [6.07, 6.45) is 8.34. The van der Waals surface area contributed by atoms with Crippen LogP contribution in [0.3, 0.4) is 0 Å². The molecular weight excluding hydrogens is 512 g/mol. The van der Waals surface area contributed by atoms with Crippen LogP contribution in [0.5, 0.6) is 0 Å². The number of carbonyl (C=O) groups is 4. The van der Waals surface area contributed by atoms with Gasteiger partial charge in [-0.1, -0.05) is 107 Å². The predicted molar refractivity (Wildman–Crippen MR) is 135 cm³/mol. The first-order chi connectivity index (χ1) is 16.8. The standard InChI is InChI=1S/4C7H14O2.Ti/c4*1-3-6(4-2)5-7(8)9;/h4*6H,3-5H2,1-2H3,(H,8,9);/q;;;;+4/p-4. The monoisotopic (exact) mass is 564 g/mol. The van der Waals surface area contributed by atoms with Crippen LogP contribution in [0.15, 0.2) is 0 Å². The Morgan fingerprint density at radius 2 is 0.486 bits per heavy atom. The molecule has 0 bridgehead atoms. The van der Waals surface area contributed by atoms with Crippen LogP contribution in [0, 0.1) is 23.7 Å². The second kappa shape index (κ2) is 32.6. The molecule has 0 aliphatic rings. The molecule has 8 nitrogen and oxygen atoms in total. The van der Waals surface area contributed by atoms with Crippen molar-refractivity contribution in [2.75, 3.05) is 0 Å². The van der Waals surface area contributed by atoms with Crippen molar-refractivity contribution in [3.63, 3.8) is 0 Å². The van der Waals surface area contributed by atoms with E-state index in [0.29, 0.717) is 23.7 Å². The number of carbonyl (C=O) groups excluding carboxylic acids is 4. The Balaban J connectivity index is -0.000000122. The molecular formula is C28H52O8Ti. The maximum Gasteiger partial charge on any atom is 4.00 e. The van der Waals surface area contributed by atoms with Crippen LogP contribution >= 0.6 is 0 Å². The van der Waals surface area contributed by atoms with Gasteiger partial charge in [0, 0.05) is 23.9 Å². The quantitative estimate of drug-likeness (QED) is 0.258. The predicted octanol–water partition coefficient (Wildman–Crippen LogP) is 2.25. The Hall–Kier alpha value is -1.41. The van der Waals surface area contributed by atoms with Crippen molar-refractivity contribution in [1.82, 2.24) is 0 Å².